The van der Waals surface area contributed by atoms with Crippen molar-refractivity contribution in [3.05, 3.63) is 29.8 Å². The number of benzene rings is 1. The van der Waals surface area contributed by atoms with Gasteiger partial charge in [0.1, 0.15) is 5.75 Å². The molecule has 0 saturated heterocycles. The van der Waals surface area contributed by atoms with Gasteiger partial charge in [0.25, 0.3) is 10.1 Å². The third-order valence-electron chi connectivity index (χ3n) is 2.57. The van der Waals surface area contributed by atoms with Gasteiger partial charge in [-0.1, -0.05) is 32.0 Å². The minimum absolute atomic E-state index is 0.201. The van der Waals surface area contributed by atoms with Gasteiger partial charge in [-0.25, -0.2) is 0 Å². The molecule has 4 nitrogen and oxygen atoms in total. The predicted molar refractivity (Wildman–Crippen MR) is 67.1 cm³/mol. The highest BCUT2D eigenvalue weighted by atomic mass is 32.2. The van der Waals surface area contributed by atoms with Gasteiger partial charge >= 0.3 is 0 Å². The van der Waals surface area contributed by atoms with E-state index in [9.17, 15) is 8.42 Å². The summed E-state index contributed by atoms with van der Waals surface area (Å²) in [6.07, 6.45) is 0. The van der Waals surface area contributed by atoms with Gasteiger partial charge in [0.05, 0.1) is 12.4 Å². The zero-order chi connectivity index (χ0) is 13.1. The van der Waals surface area contributed by atoms with Crippen LogP contribution < -0.4 is 4.74 Å². The fourth-order valence-corrected chi connectivity index (χ4v) is 1.49. The fourth-order valence-electron chi connectivity index (χ4n) is 1.49. The lowest BCUT2D eigenvalue weighted by atomic mass is 9.87. The molecule has 1 aliphatic rings. The zero-order valence-corrected chi connectivity index (χ0v) is 11.1. The molecule has 0 aromatic heterocycles. The maximum absolute atomic E-state index is 9.56. The summed E-state index contributed by atoms with van der Waals surface area (Å²) in [5.74, 6) is 0.852. The van der Waals surface area contributed by atoms with E-state index in [0.717, 1.165) is 12.4 Å². The summed E-state index contributed by atoms with van der Waals surface area (Å²) >= 11 is 0. The van der Waals surface area contributed by atoms with Gasteiger partial charge in [-0.15, -0.1) is 0 Å². The molecule has 0 atom stereocenters. The molecule has 5 heteroatoms. The van der Waals surface area contributed by atoms with Crippen LogP contribution in [0.5, 0.6) is 5.75 Å². The maximum atomic E-state index is 9.56. The summed E-state index contributed by atoms with van der Waals surface area (Å²) in [5.41, 5.74) is 1.54. The number of para-hydroxylation sites is 1. The first-order valence-electron chi connectivity index (χ1n) is 5.44. The van der Waals surface area contributed by atoms with Crippen LogP contribution in [0, 0.1) is 0 Å². The highest BCUT2D eigenvalue weighted by Crippen LogP contribution is 2.37. The lowest BCUT2D eigenvalue weighted by Crippen LogP contribution is -2.18. The molecule has 0 saturated carbocycles. The summed E-state index contributed by atoms with van der Waals surface area (Å²) in [7, 11) is -3.66. The molecule has 1 aliphatic heterocycles. The molecule has 0 radical (unpaired) electrons. The molecule has 0 bridgehead atoms. The van der Waals surface area contributed by atoms with E-state index in [0.29, 0.717) is 0 Å². The standard InChI is InChI=1S/C10H12O.C2H6O3S/c1-10(2)7-11-9-6-4-3-5-8(9)10;1-2-6(3,4)5/h3-6H,7H2,1-2H3;2H2,1H3,(H,3,4,5). The van der Waals surface area contributed by atoms with Gasteiger partial charge in [-0.2, -0.15) is 8.42 Å². The van der Waals surface area contributed by atoms with E-state index in [2.05, 4.69) is 26.0 Å². The van der Waals surface area contributed by atoms with Crippen LogP contribution in [0.4, 0.5) is 0 Å². The summed E-state index contributed by atoms with van der Waals surface area (Å²) in [6, 6.07) is 8.25. The summed E-state index contributed by atoms with van der Waals surface area (Å²) in [6.45, 7) is 6.60. The molecule has 1 N–H and O–H groups in total. The summed E-state index contributed by atoms with van der Waals surface area (Å²) < 4.78 is 32.4. The van der Waals surface area contributed by atoms with Crippen molar-refractivity contribution in [2.24, 2.45) is 0 Å². The second-order valence-electron chi connectivity index (χ2n) is 4.54. The minimum atomic E-state index is -3.66. The molecule has 2 rings (SSSR count). The van der Waals surface area contributed by atoms with Gasteiger partial charge in [-0.05, 0) is 13.0 Å². The smallest absolute Gasteiger partial charge is 0.264 e. The fraction of sp³-hybridized carbons (Fsp3) is 0.500. The van der Waals surface area contributed by atoms with Crippen LogP contribution in [0.2, 0.25) is 0 Å². The number of fused-ring (bicyclic) bond motifs is 1. The van der Waals surface area contributed by atoms with E-state index in [1.54, 1.807) is 0 Å². The van der Waals surface area contributed by atoms with Crippen LogP contribution in [-0.2, 0) is 15.5 Å². The van der Waals surface area contributed by atoms with Crippen molar-refractivity contribution in [2.45, 2.75) is 26.2 Å². The molecule has 0 amide bonds. The Hall–Kier alpha value is -1.07. The number of hydrogen-bond donors (Lipinski definition) is 1. The van der Waals surface area contributed by atoms with Crippen molar-refractivity contribution in [1.29, 1.82) is 0 Å². The summed E-state index contributed by atoms with van der Waals surface area (Å²) in [5, 5.41) is 0. The molecule has 1 aromatic rings. The van der Waals surface area contributed by atoms with Gasteiger partial charge in [0.2, 0.25) is 0 Å². The molecule has 0 aliphatic carbocycles. The topological polar surface area (TPSA) is 63.6 Å². The lowest BCUT2D eigenvalue weighted by molar-refractivity contribution is 0.291. The Morgan fingerprint density at radius 2 is 1.88 bits per heavy atom. The molecule has 17 heavy (non-hydrogen) atoms. The Bertz CT molecular complexity index is 477. The highest BCUT2D eigenvalue weighted by Gasteiger charge is 2.30. The predicted octanol–water partition coefficient (Wildman–Crippen LogP) is 2.25. The maximum Gasteiger partial charge on any atom is 0.264 e. The van der Waals surface area contributed by atoms with Crippen LogP contribution in [0.1, 0.15) is 26.3 Å². The Labute approximate surface area is 102 Å². The Balaban J connectivity index is 0.000000209. The van der Waals surface area contributed by atoms with Crippen molar-refractivity contribution >= 4 is 10.1 Å². The Morgan fingerprint density at radius 3 is 2.35 bits per heavy atom. The van der Waals surface area contributed by atoms with E-state index < -0.39 is 10.1 Å². The van der Waals surface area contributed by atoms with Crippen molar-refractivity contribution < 1.29 is 17.7 Å². The van der Waals surface area contributed by atoms with Crippen molar-refractivity contribution in [1.82, 2.24) is 0 Å². The van der Waals surface area contributed by atoms with Crippen molar-refractivity contribution in [2.75, 3.05) is 12.4 Å². The van der Waals surface area contributed by atoms with E-state index in [1.807, 2.05) is 12.1 Å². The SMILES string of the molecule is CC1(C)COc2ccccc21.CCS(=O)(=O)O. The van der Waals surface area contributed by atoms with Gasteiger partial charge in [0, 0.05) is 11.0 Å². The molecule has 0 spiro atoms. The van der Waals surface area contributed by atoms with Gasteiger partial charge < -0.3 is 4.74 Å². The first-order valence-corrected chi connectivity index (χ1v) is 7.04. The second kappa shape index (κ2) is 5.06. The lowest BCUT2D eigenvalue weighted by Gasteiger charge is -2.14. The normalized spacial score (nSPS) is 16.5. The molecule has 1 heterocycles. The molecular formula is C12H18O4S. The molecule has 0 unspecified atom stereocenters. The molecular weight excluding hydrogens is 240 g/mol. The monoisotopic (exact) mass is 258 g/mol. The molecule has 0 fully saturated rings. The van der Waals surface area contributed by atoms with E-state index in [1.165, 1.54) is 12.5 Å². The van der Waals surface area contributed by atoms with E-state index in [4.69, 9.17) is 9.29 Å². The minimum Gasteiger partial charge on any atom is -0.492 e. The third-order valence-corrected chi connectivity index (χ3v) is 3.30. The first-order chi connectivity index (χ1) is 7.76. The van der Waals surface area contributed by atoms with Crippen molar-refractivity contribution in [3.8, 4) is 5.75 Å². The molecule has 96 valence electrons. The van der Waals surface area contributed by atoms with Crippen LogP contribution in [0.15, 0.2) is 24.3 Å². The third kappa shape index (κ3) is 4.02. The Morgan fingerprint density at radius 1 is 1.35 bits per heavy atom. The zero-order valence-electron chi connectivity index (χ0n) is 10.3. The second-order valence-corrected chi connectivity index (χ2v) is 6.28. The van der Waals surface area contributed by atoms with E-state index >= 15 is 0 Å². The van der Waals surface area contributed by atoms with Crippen LogP contribution >= 0.6 is 0 Å². The quantitative estimate of drug-likeness (QED) is 0.785. The molecule has 1 aromatic carbocycles. The number of hydrogen-bond acceptors (Lipinski definition) is 3. The average Bonchev–Trinajstić information content (AvgIpc) is 2.56. The largest absolute Gasteiger partial charge is 0.492 e. The number of rotatable bonds is 1. The van der Waals surface area contributed by atoms with E-state index in [-0.39, 0.29) is 11.2 Å². The average molecular weight is 258 g/mol. The number of ether oxygens (including phenoxy) is 1. The van der Waals surface area contributed by atoms with Crippen LogP contribution in [0.25, 0.3) is 0 Å². The Kier molecular flexibility index (Phi) is 4.16. The highest BCUT2D eigenvalue weighted by molar-refractivity contribution is 7.85. The van der Waals surface area contributed by atoms with Crippen LogP contribution in [0.3, 0.4) is 0 Å². The van der Waals surface area contributed by atoms with Gasteiger partial charge in [0.15, 0.2) is 0 Å². The summed E-state index contributed by atoms with van der Waals surface area (Å²) in [4.78, 5) is 0. The van der Waals surface area contributed by atoms with Gasteiger partial charge in [-0.3, -0.25) is 4.55 Å². The van der Waals surface area contributed by atoms with Crippen LogP contribution in [-0.4, -0.2) is 25.3 Å². The first kappa shape index (κ1) is 14.0. The van der Waals surface area contributed by atoms with Crippen molar-refractivity contribution in [3.63, 3.8) is 0 Å².